The quantitative estimate of drug-likeness (QED) is 0.877. The van der Waals surface area contributed by atoms with Gasteiger partial charge in [-0.2, -0.15) is 0 Å². The first kappa shape index (κ1) is 14.1. The molecule has 6 nitrogen and oxygen atoms in total. The van der Waals surface area contributed by atoms with Crippen LogP contribution in [0.2, 0.25) is 0 Å². The summed E-state index contributed by atoms with van der Waals surface area (Å²) in [6, 6.07) is 8.13. The van der Waals surface area contributed by atoms with Crippen molar-refractivity contribution < 1.29 is 13.2 Å². The molecule has 0 atom stereocenters. The van der Waals surface area contributed by atoms with E-state index in [0.717, 1.165) is 0 Å². The van der Waals surface area contributed by atoms with Crippen molar-refractivity contribution in [3.05, 3.63) is 42.7 Å². The number of anilines is 2. The smallest absolute Gasteiger partial charge is 0.265 e. The molecule has 0 saturated heterocycles. The van der Waals surface area contributed by atoms with Gasteiger partial charge in [0.05, 0.1) is 18.0 Å². The third kappa shape index (κ3) is 3.18. The van der Waals surface area contributed by atoms with Gasteiger partial charge in [-0.1, -0.05) is 6.07 Å². The predicted octanol–water partition coefficient (Wildman–Crippen LogP) is 1.86. The molecule has 20 heavy (non-hydrogen) atoms. The molecule has 106 valence electrons. The van der Waals surface area contributed by atoms with Crippen LogP contribution in [0.4, 0.5) is 11.4 Å². The second-order valence-corrected chi connectivity index (χ2v) is 5.63. The Hall–Kier alpha value is -2.28. The number of hydrogen-bond donors (Lipinski definition) is 2. The second-order valence-electron chi connectivity index (χ2n) is 3.98. The number of nitrogen functional groups attached to an aromatic ring is 1. The average molecular weight is 293 g/mol. The maximum atomic E-state index is 12.2. The summed E-state index contributed by atoms with van der Waals surface area (Å²) in [5.74, 6) is 0.590. The molecule has 0 aliphatic carbocycles. The Labute approximate surface area is 117 Å². The van der Waals surface area contributed by atoms with Crippen LogP contribution >= 0.6 is 0 Å². The van der Waals surface area contributed by atoms with Gasteiger partial charge in [-0.25, -0.2) is 8.42 Å². The summed E-state index contributed by atoms with van der Waals surface area (Å²) in [5, 5.41) is 0. The number of nitrogens with two attached hydrogens (primary N) is 1. The van der Waals surface area contributed by atoms with Crippen molar-refractivity contribution in [2.75, 3.05) is 17.1 Å². The van der Waals surface area contributed by atoms with Crippen LogP contribution in [0.1, 0.15) is 6.92 Å². The molecule has 0 spiro atoms. The highest BCUT2D eigenvalue weighted by molar-refractivity contribution is 7.92. The third-order valence-electron chi connectivity index (χ3n) is 2.50. The molecule has 0 bridgehead atoms. The average Bonchev–Trinajstić information content (AvgIpc) is 2.39. The van der Waals surface area contributed by atoms with Crippen LogP contribution in [-0.2, 0) is 10.0 Å². The number of nitrogens with zero attached hydrogens (tertiary/aromatic N) is 1. The molecule has 1 heterocycles. The molecule has 1 aromatic heterocycles. The minimum atomic E-state index is -3.77. The van der Waals surface area contributed by atoms with Gasteiger partial charge in [0.15, 0.2) is 0 Å². The van der Waals surface area contributed by atoms with E-state index in [4.69, 9.17) is 10.5 Å². The number of nitrogens with one attached hydrogen (secondary N) is 1. The molecule has 0 unspecified atom stereocenters. The Morgan fingerprint density at radius 1 is 1.35 bits per heavy atom. The van der Waals surface area contributed by atoms with Gasteiger partial charge in [-0.15, -0.1) is 0 Å². The minimum absolute atomic E-state index is 0.0539. The first-order valence-electron chi connectivity index (χ1n) is 5.98. The summed E-state index contributed by atoms with van der Waals surface area (Å²) in [6.07, 6.45) is 2.65. The monoisotopic (exact) mass is 293 g/mol. The van der Waals surface area contributed by atoms with Crippen molar-refractivity contribution in [1.29, 1.82) is 0 Å². The molecule has 2 rings (SSSR count). The molecule has 0 saturated carbocycles. The summed E-state index contributed by atoms with van der Waals surface area (Å²) in [5.41, 5.74) is 6.20. The van der Waals surface area contributed by atoms with E-state index in [9.17, 15) is 8.42 Å². The van der Waals surface area contributed by atoms with E-state index < -0.39 is 10.0 Å². The lowest BCUT2D eigenvalue weighted by Gasteiger charge is -2.10. The summed E-state index contributed by atoms with van der Waals surface area (Å²) in [4.78, 5) is 3.72. The molecule has 1 aromatic carbocycles. The van der Waals surface area contributed by atoms with Gasteiger partial charge in [0, 0.05) is 18.5 Å². The third-order valence-corrected chi connectivity index (χ3v) is 3.93. The zero-order chi connectivity index (χ0) is 14.6. The highest BCUT2D eigenvalue weighted by Crippen LogP contribution is 2.23. The van der Waals surface area contributed by atoms with Crippen LogP contribution < -0.4 is 15.2 Å². The summed E-state index contributed by atoms with van der Waals surface area (Å²) in [7, 11) is -3.77. The van der Waals surface area contributed by atoms with Crippen LogP contribution in [0.5, 0.6) is 5.75 Å². The van der Waals surface area contributed by atoms with E-state index in [2.05, 4.69) is 9.71 Å². The second kappa shape index (κ2) is 5.79. The van der Waals surface area contributed by atoms with Crippen molar-refractivity contribution in [3.63, 3.8) is 0 Å². The van der Waals surface area contributed by atoms with Gasteiger partial charge in [0.25, 0.3) is 10.0 Å². The number of hydrogen-bond acceptors (Lipinski definition) is 5. The highest BCUT2D eigenvalue weighted by atomic mass is 32.2. The molecule has 0 amide bonds. The lowest BCUT2D eigenvalue weighted by Crippen LogP contribution is -2.15. The van der Waals surface area contributed by atoms with Gasteiger partial charge in [-0.3, -0.25) is 9.71 Å². The van der Waals surface area contributed by atoms with E-state index in [1.165, 1.54) is 18.5 Å². The lowest BCUT2D eigenvalue weighted by atomic mass is 10.3. The van der Waals surface area contributed by atoms with Gasteiger partial charge in [0.1, 0.15) is 10.6 Å². The molecule has 0 aliphatic rings. The Balaban J connectivity index is 2.29. The Kier molecular flexibility index (Phi) is 4.09. The zero-order valence-electron chi connectivity index (χ0n) is 10.9. The largest absolute Gasteiger partial charge is 0.494 e. The molecular weight excluding hydrogens is 278 g/mol. The fourth-order valence-electron chi connectivity index (χ4n) is 1.64. The van der Waals surface area contributed by atoms with E-state index in [-0.39, 0.29) is 10.6 Å². The van der Waals surface area contributed by atoms with Crippen LogP contribution in [0.3, 0.4) is 0 Å². The molecule has 3 N–H and O–H groups in total. The predicted molar refractivity (Wildman–Crippen MR) is 77.1 cm³/mol. The fourth-order valence-corrected chi connectivity index (χ4v) is 2.77. The maximum Gasteiger partial charge on any atom is 0.265 e. The van der Waals surface area contributed by atoms with Gasteiger partial charge in [0.2, 0.25) is 0 Å². The fraction of sp³-hybridized carbons (Fsp3) is 0.154. The first-order chi connectivity index (χ1) is 9.53. The van der Waals surface area contributed by atoms with Crippen molar-refractivity contribution in [2.45, 2.75) is 11.8 Å². The van der Waals surface area contributed by atoms with Crippen molar-refractivity contribution >= 4 is 21.4 Å². The Morgan fingerprint density at radius 3 is 2.85 bits per heavy atom. The first-order valence-corrected chi connectivity index (χ1v) is 7.46. The molecular formula is C13H15N3O3S. The van der Waals surface area contributed by atoms with Crippen LogP contribution in [0.25, 0.3) is 0 Å². The normalized spacial score (nSPS) is 11.1. The summed E-state index contributed by atoms with van der Waals surface area (Å²) < 4.78 is 32.2. The van der Waals surface area contributed by atoms with E-state index in [1.54, 1.807) is 24.3 Å². The summed E-state index contributed by atoms with van der Waals surface area (Å²) in [6.45, 7) is 2.36. The van der Waals surface area contributed by atoms with Crippen molar-refractivity contribution in [3.8, 4) is 5.75 Å². The van der Waals surface area contributed by atoms with Crippen LogP contribution in [0.15, 0.2) is 47.6 Å². The summed E-state index contributed by atoms with van der Waals surface area (Å²) >= 11 is 0. The maximum absolute atomic E-state index is 12.2. The standard InChI is InChI=1S/C13H15N3O3S/c1-2-19-11-5-3-4-10(8-11)16-20(17,18)13-9-15-7-6-12(13)14/h3-9,16H,2H2,1H3,(H2,14,15). The van der Waals surface area contributed by atoms with E-state index >= 15 is 0 Å². The Bertz CT molecular complexity index is 702. The van der Waals surface area contributed by atoms with Crippen LogP contribution in [-0.4, -0.2) is 20.0 Å². The molecule has 7 heteroatoms. The number of pyridine rings is 1. The number of benzene rings is 1. The zero-order valence-corrected chi connectivity index (χ0v) is 11.7. The lowest BCUT2D eigenvalue weighted by molar-refractivity contribution is 0.340. The van der Waals surface area contributed by atoms with Gasteiger partial charge < -0.3 is 10.5 Å². The van der Waals surface area contributed by atoms with Gasteiger partial charge >= 0.3 is 0 Å². The van der Waals surface area contributed by atoms with Crippen molar-refractivity contribution in [2.24, 2.45) is 0 Å². The Morgan fingerprint density at radius 2 is 2.15 bits per heavy atom. The van der Waals surface area contributed by atoms with E-state index in [0.29, 0.717) is 18.0 Å². The van der Waals surface area contributed by atoms with Crippen LogP contribution in [0, 0.1) is 0 Å². The van der Waals surface area contributed by atoms with Crippen molar-refractivity contribution in [1.82, 2.24) is 4.98 Å². The van der Waals surface area contributed by atoms with Gasteiger partial charge in [-0.05, 0) is 25.1 Å². The molecule has 0 fully saturated rings. The minimum Gasteiger partial charge on any atom is -0.494 e. The van der Waals surface area contributed by atoms with E-state index in [1.807, 2.05) is 6.92 Å². The molecule has 0 radical (unpaired) electrons. The molecule has 0 aliphatic heterocycles. The topological polar surface area (TPSA) is 94.3 Å². The number of ether oxygens (including phenoxy) is 1. The number of aromatic nitrogens is 1. The molecule has 2 aromatic rings. The number of rotatable bonds is 5. The SMILES string of the molecule is CCOc1cccc(NS(=O)(=O)c2cnccc2N)c1. The highest BCUT2D eigenvalue weighted by Gasteiger charge is 2.17. The number of sulfonamides is 1.